The van der Waals surface area contributed by atoms with Crippen LogP contribution in [0.3, 0.4) is 0 Å². The van der Waals surface area contributed by atoms with Crippen LogP contribution in [0.25, 0.3) is 6.08 Å². The van der Waals surface area contributed by atoms with Gasteiger partial charge in [-0.05, 0) is 48.4 Å². The molecule has 0 spiro atoms. The molecule has 5 nitrogen and oxygen atoms in total. The normalized spacial score (nSPS) is 16.4. The van der Waals surface area contributed by atoms with E-state index in [0.717, 1.165) is 29.2 Å². The summed E-state index contributed by atoms with van der Waals surface area (Å²) in [6, 6.07) is 21.5. The van der Waals surface area contributed by atoms with Gasteiger partial charge in [0.2, 0.25) is 5.78 Å². The minimum atomic E-state index is -0.105. The molecule has 2 aliphatic rings. The number of carbonyl (C=O) groups excluding carboxylic acids is 1. The van der Waals surface area contributed by atoms with Crippen molar-refractivity contribution in [2.75, 3.05) is 13.3 Å². The minimum Gasteiger partial charge on any atom is -0.494 e. The van der Waals surface area contributed by atoms with Gasteiger partial charge in [-0.1, -0.05) is 42.5 Å². The summed E-state index contributed by atoms with van der Waals surface area (Å²) in [5.41, 5.74) is 3.61. The van der Waals surface area contributed by atoms with Crippen LogP contribution in [-0.2, 0) is 13.1 Å². The number of Topliss-reactive ketones (excluding diaryl/α,β-unsaturated/α-hetero) is 1. The Hall–Kier alpha value is -3.57. The van der Waals surface area contributed by atoms with Gasteiger partial charge in [0.05, 0.1) is 17.7 Å². The Morgan fingerprint density at radius 2 is 1.84 bits per heavy atom. The van der Waals surface area contributed by atoms with Crippen LogP contribution in [0.15, 0.2) is 72.5 Å². The first-order valence-electron chi connectivity index (χ1n) is 10.4. The zero-order chi connectivity index (χ0) is 21.2. The largest absolute Gasteiger partial charge is 0.494 e. The molecular formula is C26H23NO4. The maximum atomic E-state index is 13.0. The second kappa shape index (κ2) is 8.28. The molecule has 3 aromatic rings. The molecule has 0 unspecified atom stereocenters. The van der Waals surface area contributed by atoms with Crippen molar-refractivity contribution < 1.29 is 19.0 Å². The van der Waals surface area contributed by atoms with E-state index in [4.69, 9.17) is 14.2 Å². The molecule has 2 aliphatic heterocycles. The first-order chi connectivity index (χ1) is 15.2. The third kappa shape index (κ3) is 3.92. The van der Waals surface area contributed by atoms with Crippen molar-refractivity contribution >= 4 is 11.9 Å². The minimum absolute atomic E-state index is 0.105. The standard InChI is InChI=1S/C26H23NO4/c1-2-29-20-10-8-18(9-11-20)14-24-25(28)21-12-13-23-22(26(21)31-24)16-27(17-30-23)15-19-6-4-3-5-7-19/h3-14H,2,15-17H2,1H3/b24-14-. The smallest absolute Gasteiger partial charge is 0.231 e. The molecule has 156 valence electrons. The summed E-state index contributed by atoms with van der Waals surface area (Å²) in [6.45, 7) is 4.50. The van der Waals surface area contributed by atoms with Crippen LogP contribution in [0.5, 0.6) is 17.2 Å². The molecule has 5 heteroatoms. The second-order valence-electron chi connectivity index (χ2n) is 7.61. The van der Waals surface area contributed by atoms with E-state index in [0.29, 0.717) is 37.0 Å². The lowest BCUT2D eigenvalue weighted by atomic mass is 10.0. The summed E-state index contributed by atoms with van der Waals surface area (Å²) in [4.78, 5) is 15.2. The summed E-state index contributed by atoms with van der Waals surface area (Å²) in [7, 11) is 0. The maximum absolute atomic E-state index is 13.0. The van der Waals surface area contributed by atoms with Gasteiger partial charge in [-0.15, -0.1) is 0 Å². The number of rotatable bonds is 5. The van der Waals surface area contributed by atoms with E-state index >= 15 is 0 Å². The van der Waals surface area contributed by atoms with Gasteiger partial charge in [-0.3, -0.25) is 9.69 Å². The zero-order valence-corrected chi connectivity index (χ0v) is 17.3. The first-order valence-corrected chi connectivity index (χ1v) is 10.4. The topological polar surface area (TPSA) is 48.0 Å². The summed E-state index contributed by atoms with van der Waals surface area (Å²) < 4.78 is 17.5. The summed E-state index contributed by atoms with van der Waals surface area (Å²) in [5.74, 6) is 2.41. The third-order valence-corrected chi connectivity index (χ3v) is 5.42. The van der Waals surface area contributed by atoms with Gasteiger partial charge in [0, 0.05) is 13.1 Å². The molecule has 3 aromatic carbocycles. The zero-order valence-electron chi connectivity index (χ0n) is 17.3. The van der Waals surface area contributed by atoms with Crippen LogP contribution in [0.1, 0.15) is 34.0 Å². The Morgan fingerprint density at radius 3 is 2.61 bits per heavy atom. The highest BCUT2D eigenvalue weighted by Gasteiger charge is 2.33. The average molecular weight is 413 g/mol. The predicted molar refractivity (Wildman–Crippen MR) is 118 cm³/mol. The first kappa shape index (κ1) is 19.4. The lowest BCUT2D eigenvalue weighted by Gasteiger charge is -2.29. The number of hydrogen-bond acceptors (Lipinski definition) is 5. The fraction of sp³-hybridized carbons (Fsp3) is 0.192. The molecule has 0 saturated heterocycles. The number of benzene rings is 3. The van der Waals surface area contributed by atoms with Gasteiger partial charge >= 0.3 is 0 Å². The quantitative estimate of drug-likeness (QED) is 0.548. The molecule has 0 amide bonds. The van der Waals surface area contributed by atoms with Crippen molar-refractivity contribution in [2.24, 2.45) is 0 Å². The molecular weight excluding hydrogens is 390 g/mol. The second-order valence-corrected chi connectivity index (χ2v) is 7.61. The molecule has 0 atom stereocenters. The van der Waals surface area contributed by atoms with Crippen molar-refractivity contribution in [2.45, 2.75) is 20.0 Å². The van der Waals surface area contributed by atoms with Crippen LogP contribution in [0.2, 0.25) is 0 Å². The molecule has 0 fully saturated rings. The van der Waals surface area contributed by atoms with Crippen LogP contribution in [-0.4, -0.2) is 24.0 Å². The molecule has 0 radical (unpaired) electrons. The number of nitrogens with zero attached hydrogens (tertiary/aromatic N) is 1. The van der Waals surface area contributed by atoms with Crippen molar-refractivity contribution in [1.29, 1.82) is 0 Å². The van der Waals surface area contributed by atoms with Gasteiger partial charge in [0.1, 0.15) is 24.0 Å². The van der Waals surface area contributed by atoms with Crippen LogP contribution in [0.4, 0.5) is 0 Å². The van der Waals surface area contributed by atoms with Crippen LogP contribution >= 0.6 is 0 Å². The lowest BCUT2D eigenvalue weighted by molar-refractivity contribution is 0.0873. The van der Waals surface area contributed by atoms with E-state index in [9.17, 15) is 4.79 Å². The highest BCUT2D eigenvalue weighted by Crippen LogP contribution is 2.42. The molecule has 0 N–H and O–H groups in total. The van der Waals surface area contributed by atoms with Gasteiger partial charge in [-0.25, -0.2) is 0 Å². The molecule has 0 saturated carbocycles. The summed E-state index contributed by atoms with van der Waals surface area (Å²) in [5, 5.41) is 0. The van der Waals surface area contributed by atoms with Gasteiger partial charge < -0.3 is 14.2 Å². The van der Waals surface area contributed by atoms with E-state index in [2.05, 4.69) is 17.0 Å². The van der Waals surface area contributed by atoms with Gasteiger partial charge in [-0.2, -0.15) is 0 Å². The van der Waals surface area contributed by atoms with Crippen LogP contribution < -0.4 is 14.2 Å². The highest BCUT2D eigenvalue weighted by atomic mass is 16.5. The van der Waals surface area contributed by atoms with Crippen molar-refractivity contribution in [3.63, 3.8) is 0 Å². The number of carbonyl (C=O) groups is 1. The van der Waals surface area contributed by atoms with E-state index in [1.54, 1.807) is 12.1 Å². The van der Waals surface area contributed by atoms with E-state index in [-0.39, 0.29) is 5.78 Å². The lowest BCUT2D eigenvalue weighted by Crippen LogP contribution is -2.31. The Labute approximate surface area is 181 Å². The summed E-state index contributed by atoms with van der Waals surface area (Å²) in [6.07, 6.45) is 1.77. The number of fused-ring (bicyclic) bond motifs is 3. The molecule has 0 bridgehead atoms. The van der Waals surface area contributed by atoms with E-state index < -0.39 is 0 Å². The number of ether oxygens (including phenoxy) is 3. The van der Waals surface area contributed by atoms with E-state index in [1.165, 1.54) is 5.56 Å². The Balaban J connectivity index is 1.39. The van der Waals surface area contributed by atoms with Crippen molar-refractivity contribution in [1.82, 2.24) is 4.90 Å². The maximum Gasteiger partial charge on any atom is 0.231 e. The van der Waals surface area contributed by atoms with Gasteiger partial charge in [0.25, 0.3) is 0 Å². The van der Waals surface area contributed by atoms with Crippen molar-refractivity contribution in [3.05, 3.63) is 94.7 Å². The highest BCUT2D eigenvalue weighted by molar-refractivity contribution is 6.15. The monoisotopic (exact) mass is 413 g/mol. The average Bonchev–Trinajstić information content (AvgIpc) is 3.12. The Bertz CT molecular complexity index is 1140. The molecule has 0 aliphatic carbocycles. The molecule has 31 heavy (non-hydrogen) atoms. The van der Waals surface area contributed by atoms with Crippen LogP contribution in [0, 0.1) is 0 Å². The number of allylic oxidation sites excluding steroid dienone is 1. The van der Waals surface area contributed by atoms with E-state index in [1.807, 2.05) is 55.5 Å². The predicted octanol–water partition coefficient (Wildman–Crippen LogP) is 5.05. The SMILES string of the molecule is CCOc1ccc(/C=C2\Oc3c(ccc4c3CN(Cc3ccccc3)CO4)C2=O)cc1. The molecule has 0 aromatic heterocycles. The van der Waals surface area contributed by atoms with Gasteiger partial charge in [0.15, 0.2) is 5.76 Å². The number of ketones is 1. The Morgan fingerprint density at radius 1 is 1.03 bits per heavy atom. The van der Waals surface area contributed by atoms with Crippen molar-refractivity contribution in [3.8, 4) is 17.2 Å². The molecule has 5 rings (SSSR count). The Kier molecular flexibility index (Phi) is 5.18. The fourth-order valence-corrected chi connectivity index (χ4v) is 3.93. The number of hydrogen-bond donors (Lipinski definition) is 0. The fourth-order valence-electron chi connectivity index (χ4n) is 3.93. The summed E-state index contributed by atoms with van der Waals surface area (Å²) >= 11 is 0. The third-order valence-electron chi connectivity index (χ3n) is 5.42. The molecule has 2 heterocycles.